The summed E-state index contributed by atoms with van der Waals surface area (Å²) in [5.74, 6) is 0.937. The molecule has 0 amide bonds. The van der Waals surface area contributed by atoms with Gasteiger partial charge in [-0.1, -0.05) is 17.7 Å². The quantitative estimate of drug-likeness (QED) is 0.649. The normalized spacial score (nSPS) is 13.0. The summed E-state index contributed by atoms with van der Waals surface area (Å²) in [5.41, 5.74) is 6.92. The van der Waals surface area contributed by atoms with Crippen LogP contribution in [0.3, 0.4) is 0 Å². The Balaban J connectivity index is 2.07. The van der Waals surface area contributed by atoms with Crippen molar-refractivity contribution in [2.75, 3.05) is 18.9 Å². The lowest BCUT2D eigenvalue weighted by atomic mass is 10.0. The molecule has 6 heteroatoms. The van der Waals surface area contributed by atoms with E-state index in [0.717, 1.165) is 0 Å². The molecule has 0 unspecified atom stereocenters. The number of nitrogens with two attached hydrogens (primary N) is 1. The number of halogens is 2. The maximum atomic E-state index is 12.7. The van der Waals surface area contributed by atoms with E-state index in [2.05, 4.69) is 15.9 Å². The smallest absolute Gasteiger partial charge is 0.195 e. The molecule has 2 aromatic carbocycles. The molecule has 0 spiro atoms. The number of ether oxygens (including phenoxy) is 2. The number of nitrogen functional groups attached to an aromatic ring is 1. The van der Waals surface area contributed by atoms with Crippen LogP contribution in [-0.4, -0.2) is 19.0 Å². The first-order valence-corrected chi connectivity index (χ1v) is 7.43. The highest BCUT2D eigenvalue weighted by Crippen LogP contribution is 2.37. The SMILES string of the molecule is Nc1cccc(C(=O)c2cc3c(cc2Br)OCCO3)c1Cl. The highest BCUT2D eigenvalue weighted by molar-refractivity contribution is 9.10. The summed E-state index contributed by atoms with van der Waals surface area (Å²) in [5, 5.41) is 0.254. The number of ketones is 1. The van der Waals surface area contributed by atoms with Gasteiger partial charge in [-0.05, 0) is 40.2 Å². The van der Waals surface area contributed by atoms with Crippen LogP contribution in [0, 0.1) is 0 Å². The largest absolute Gasteiger partial charge is 0.486 e. The topological polar surface area (TPSA) is 61.6 Å². The standard InChI is InChI=1S/C15H11BrClNO3/c16-10-7-13-12(20-4-5-21-13)6-9(10)15(19)8-2-1-3-11(18)14(8)17/h1-3,6-7H,4-5,18H2. The predicted octanol–water partition coefficient (Wildman–Crippen LogP) is 3.69. The molecule has 1 heterocycles. The first-order valence-electron chi connectivity index (χ1n) is 6.26. The second-order valence-corrected chi connectivity index (χ2v) is 5.75. The molecule has 21 heavy (non-hydrogen) atoms. The van der Waals surface area contributed by atoms with E-state index in [-0.39, 0.29) is 10.8 Å². The summed E-state index contributed by atoms with van der Waals surface area (Å²) >= 11 is 9.50. The lowest BCUT2D eigenvalue weighted by Crippen LogP contribution is -2.16. The molecule has 2 N–H and O–H groups in total. The summed E-state index contributed by atoms with van der Waals surface area (Å²) < 4.78 is 11.6. The average Bonchev–Trinajstić information content (AvgIpc) is 2.48. The summed E-state index contributed by atoms with van der Waals surface area (Å²) in [6.45, 7) is 0.953. The summed E-state index contributed by atoms with van der Waals surface area (Å²) in [6.07, 6.45) is 0. The molecule has 4 nitrogen and oxygen atoms in total. The van der Waals surface area contributed by atoms with E-state index in [1.165, 1.54) is 0 Å². The van der Waals surface area contributed by atoms with Crippen LogP contribution in [0.5, 0.6) is 11.5 Å². The van der Waals surface area contributed by atoms with Crippen molar-refractivity contribution in [2.24, 2.45) is 0 Å². The van der Waals surface area contributed by atoms with Gasteiger partial charge in [-0.2, -0.15) is 0 Å². The number of anilines is 1. The van der Waals surface area contributed by atoms with E-state index in [1.54, 1.807) is 30.3 Å². The monoisotopic (exact) mass is 367 g/mol. The van der Waals surface area contributed by atoms with Gasteiger partial charge in [0.1, 0.15) is 13.2 Å². The molecule has 0 fully saturated rings. The Bertz CT molecular complexity index is 733. The lowest BCUT2D eigenvalue weighted by Gasteiger charge is -2.19. The Hall–Kier alpha value is -1.72. The summed E-state index contributed by atoms with van der Waals surface area (Å²) in [7, 11) is 0. The molecule has 0 aromatic heterocycles. The van der Waals surface area contributed by atoms with Gasteiger partial charge in [0, 0.05) is 15.6 Å². The number of hydrogen-bond acceptors (Lipinski definition) is 4. The Labute approximate surface area is 134 Å². The third kappa shape index (κ3) is 2.59. The highest BCUT2D eigenvalue weighted by atomic mass is 79.9. The average molecular weight is 369 g/mol. The number of rotatable bonds is 2. The molecule has 1 aliphatic rings. The van der Waals surface area contributed by atoms with Crippen LogP contribution < -0.4 is 15.2 Å². The molecule has 0 bridgehead atoms. The lowest BCUT2D eigenvalue weighted by molar-refractivity contribution is 0.103. The number of benzene rings is 2. The highest BCUT2D eigenvalue weighted by Gasteiger charge is 2.21. The summed E-state index contributed by atoms with van der Waals surface area (Å²) in [4.78, 5) is 12.7. The zero-order valence-electron chi connectivity index (χ0n) is 10.9. The Morgan fingerprint density at radius 3 is 2.52 bits per heavy atom. The van der Waals surface area contributed by atoms with Crippen LogP contribution >= 0.6 is 27.5 Å². The Morgan fingerprint density at radius 2 is 1.81 bits per heavy atom. The van der Waals surface area contributed by atoms with Crippen molar-refractivity contribution in [3.05, 3.63) is 51.0 Å². The second kappa shape index (κ2) is 5.58. The Kier molecular flexibility index (Phi) is 3.78. The van der Waals surface area contributed by atoms with E-state index in [0.29, 0.717) is 46.0 Å². The molecule has 1 aliphatic heterocycles. The van der Waals surface area contributed by atoms with Crippen molar-refractivity contribution < 1.29 is 14.3 Å². The van der Waals surface area contributed by atoms with Gasteiger partial charge in [-0.3, -0.25) is 4.79 Å². The van der Waals surface area contributed by atoms with Crippen LogP contribution in [0.2, 0.25) is 5.02 Å². The van der Waals surface area contributed by atoms with Crippen molar-refractivity contribution in [1.82, 2.24) is 0 Å². The van der Waals surface area contributed by atoms with Gasteiger partial charge in [0.2, 0.25) is 0 Å². The van der Waals surface area contributed by atoms with Crippen molar-refractivity contribution in [3.8, 4) is 11.5 Å². The fourth-order valence-electron chi connectivity index (χ4n) is 2.11. The number of carbonyl (C=O) groups excluding carboxylic acids is 1. The molecule has 0 saturated carbocycles. The van der Waals surface area contributed by atoms with E-state index in [9.17, 15) is 4.79 Å². The Morgan fingerprint density at radius 1 is 1.14 bits per heavy atom. The van der Waals surface area contributed by atoms with Crippen molar-refractivity contribution in [3.63, 3.8) is 0 Å². The fraction of sp³-hybridized carbons (Fsp3) is 0.133. The van der Waals surface area contributed by atoms with Crippen molar-refractivity contribution in [1.29, 1.82) is 0 Å². The second-order valence-electron chi connectivity index (χ2n) is 4.51. The first-order chi connectivity index (χ1) is 10.1. The zero-order valence-corrected chi connectivity index (χ0v) is 13.2. The zero-order chi connectivity index (χ0) is 15.0. The maximum Gasteiger partial charge on any atom is 0.195 e. The molecule has 0 radical (unpaired) electrons. The molecule has 3 rings (SSSR count). The fourth-order valence-corrected chi connectivity index (χ4v) is 2.82. The van der Waals surface area contributed by atoms with Crippen LogP contribution in [0.4, 0.5) is 5.69 Å². The predicted molar refractivity (Wildman–Crippen MR) is 84.4 cm³/mol. The molecule has 0 atom stereocenters. The molecule has 2 aromatic rings. The third-order valence-electron chi connectivity index (χ3n) is 3.15. The number of hydrogen-bond donors (Lipinski definition) is 1. The van der Waals surface area contributed by atoms with Gasteiger partial charge >= 0.3 is 0 Å². The van der Waals surface area contributed by atoms with Gasteiger partial charge < -0.3 is 15.2 Å². The van der Waals surface area contributed by atoms with Crippen LogP contribution in [0.15, 0.2) is 34.8 Å². The summed E-state index contributed by atoms with van der Waals surface area (Å²) in [6, 6.07) is 8.37. The van der Waals surface area contributed by atoms with Crippen molar-refractivity contribution >= 4 is 39.0 Å². The van der Waals surface area contributed by atoms with Crippen LogP contribution in [-0.2, 0) is 0 Å². The van der Waals surface area contributed by atoms with Gasteiger partial charge in [-0.25, -0.2) is 0 Å². The molecule has 0 saturated heterocycles. The van der Waals surface area contributed by atoms with E-state index in [4.69, 9.17) is 26.8 Å². The number of fused-ring (bicyclic) bond motifs is 1. The molecular formula is C15H11BrClNO3. The van der Waals surface area contributed by atoms with Crippen molar-refractivity contribution in [2.45, 2.75) is 0 Å². The minimum Gasteiger partial charge on any atom is -0.486 e. The molecule has 108 valence electrons. The van der Waals surface area contributed by atoms with Gasteiger partial charge in [-0.15, -0.1) is 0 Å². The van der Waals surface area contributed by atoms with Gasteiger partial charge in [0.15, 0.2) is 17.3 Å². The molecule has 0 aliphatic carbocycles. The minimum atomic E-state index is -0.226. The minimum absolute atomic E-state index is 0.226. The van der Waals surface area contributed by atoms with Gasteiger partial charge in [0.25, 0.3) is 0 Å². The van der Waals surface area contributed by atoms with E-state index in [1.807, 2.05) is 0 Å². The van der Waals surface area contributed by atoms with Crippen LogP contribution in [0.1, 0.15) is 15.9 Å². The van der Waals surface area contributed by atoms with E-state index >= 15 is 0 Å². The van der Waals surface area contributed by atoms with Gasteiger partial charge in [0.05, 0.1) is 10.7 Å². The van der Waals surface area contributed by atoms with Crippen LogP contribution in [0.25, 0.3) is 0 Å². The molecular weight excluding hydrogens is 358 g/mol. The van der Waals surface area contributed by atoms with E-state index < -0.39 is 0 Å². The maximum absolute atomic E-state index is 12.7. The first kappa shape index (κ1) is 14.2. The number of carbonyl (C=O) groups is 1. The third-order valence-corrected chi connectivity index (χ3v) is 4.23.